The molecule has 5 nitrogen and oxygen atoms in total. The fourth-order valence-electron chi connectivity index (χ4n) is 3.14. The Morgan fingerprint density at radius 3 is 2.38 bits per heavy atom. The molecule has 3 rings (SSSR count). The molecular formula is C20H25FN3O2+. The summed E-state index contributed by atoms with van der Waals surface area (Å²) in [5, 5.41) is 2.94. The maximum absolute atomic E-state index is 13.0. The fraction of sp³-hybridized carbons (Fsp3) is 0.350. The van der Waals surface area contributed by atoms with Crippen LogP contribution in [0.1, 0.15) is 6.92 Å². The van der Waals surface area contributed by atoms with Gasteiger partial charge in [-0.05, 0) is 55.5 Å². The number of nitrogens with zero attached hydrogens (tertiary/aromatic N) is 1. The lowest BCUT2D eigenvalue weighted by molar-refractivity contribution is -0.892. The summed E-state index contributed by atoms with van der Waals surface area (Å²) in [5.41, 5.74) is 1.81. The molecule has 0 atom stereocenters. The highest BCUT2D eigenvalue weighted by molar-refractivity contribution is 5.91. The van der Waals surface area contributed by atoms with Gasteiger partial charge in [-0.15, -0.1) is 0 Å². The highest BCUT2D eigenvalue weighted by Gasteiger charge is 2.22. The summed E-state index contributed by atoms with van der Waals surface area (Å²) in [6.07, 6.45) is 0. The molecule has 1 saturated heterocycles. The van der Waals surface area contributed by atoms with Gasteiger partial charge in [0.2, 0.25) is 0 Å². The standard InChI is InChI=1S/C20H24FN3O2/c1-2-26-19-9-5-17(6-10-19)22-20(25)15-23-11-13-24(14-12-23)18-7-3-16(21)4-8-18/h3-10H,2,11-15H2,1H3,(H,22,25)/p+1. The second kappa shape index (κ2) is 8.67. The first-order valence-corrected chi connectivity index (χ1v) is 9.01. The van der Waals surface area contributed by atoms with Crippen LogP contribution >= 0.6 is 0 Å². The first-order chi connectivity index (χ1) is 12.6. The lowest BCUT2D eigenvalue weighted by atomic mass is 10.2. The van der Waals surface area contributed by atoms with Gasteiger partial charge < -0.3 is 19.9 Å². The number of piperazine rings is 1. The molecule has 1 amide bonds. The number of amides is 1. The Balaban J connectivity index is 1.45. The lowest BCUT2D eigenvalue weighted by Crippen LogP contribution is -3.15. The minimum absolute atomic E-state index is 0.0133. The first kappa shape index (κ1) is 18.2. The minimum Gasteiger partial charge on any atom is -0.494 e. The van der Waals surface area contributed by atoms with Crippen molar-refractivity contribution in [2.45, 2.75) is 6.92 Å². The van der Waals surface area contributed by atoms with Crippen molar-refractivity contribution in [3.05, 3.63) is 54.3 Å². The molecule has 2 N–H and O–H groups in total. The Labute approximate surface area is 153 Å². The molecule has 0 radical (unpaired) electrons. The molecule has 1 heterocycles. The van der Waals surface area contributed by atoms with E-state index in [4.69, 9.17) is 4.74 Å². The van der Waals surface area contributed by atoms with Crippen LogP contribution in [-0.4, -0.2) is 45.2 Å². The van der Waals surface area contributed by atoms with Crippen LogP contribution in [0.4, 0.5) is 15.8 Å². The third kappa shape index (κ3) is 4.95. The predicted octanol–water partition coefficient (Wildman–Crippen LogP) is 1.57. The Kier molecular flexibility index (Phi) is 6.07. The molecule has 138 valence electrons. The van der Waals surface area contributed by atoms with Crippen LogP contribution in [-0.2, 0) is 4.79 Å². The summed E-state index contributed by atoms with van der Waals surface area (Å²) < 4.78 is 18.4. The van der Waals surface area contributed by atoms with E-state index in [1.54, 1.807) is 12.1 Å². The summed E-state index contributed by atoms with van der Waals surface area (Å²) in [6, 6.07) is 14.0. The third-order valence-corrected chi connectivity index (χ3v) is 4.52. The molecule has 6 heteroatoms. The Hall–Kier alpha value is -2.60. The molecule has 1 aliphatic rings. The van der Waals surface area contributed by atoms with Gasteiger partial charge in [0.05, 0.1) is 32.8 Å². The van der Waals surface area contributed by atoms with Crippen LogP contribution in [0.2, 0.25) is 0 Å². The summed E-state index contributed by atoms with van der Waals surface area (Å²) in [6.45, 7) is 6.49. The van der Waals surface area contributed by atoms with Crippen LogP contribution in [0, 0.1) is 5.82 Å². The van der Waals surface area contributed by atoms with Crippen molar-refractivity contribution < 1.29 is 18.8 Å². The van der Waals surface area contributed by atoms with E-state index in [1.807, 2.05) is 31.2 Å². The number of ether oxygens (including phenoxy) is 1. The van der Waals surface area contributed by atoms with Crippen molar-refractivity contribution in [2.24, 2.45) is 0 Å². The molecule has 0 aromatic heterocycles. The number of benzene rings is 2. The van der Waals surface area contributed by atoms with Gasteiger partial charge in [-0.3, -0.25) is 4.79 Å². The zero-order chi connectivity index (χ0) is 18.4. The molecule has 1 aliphatic heterocycles. The van der Waals surface area contributed by atoms with Crippen LogP contribution in [0.25, 0.3) is 0 Å². The molecule has 26 heavy (non-hydrogen) atoms. The van der Waals surface area contributed by atoms with Gasteiger partial charge >= 0.3 is 0 Å². The van der Waals surface area contributed by atoms with Gasteiger partial charge in [0.1, 0.15) is 11.6 Å². The molecule has 0 unspecified atom stereocenters. The van der Waals surface area contributed by atoms with E-state index in [2.05, 4.69) is 10.2 Å². The molecule has 0 saturated carbocycles. The van der Waals surface area contributed by atoms with Gasteiger partial charge in [0.15, 0.2) is 6.54 Å². The highest BCUT2D eigenvalue weighted by Crippen LogP contribution is 2.16. The average molecular weight is 358 g/mol. The van der Waals surface area contributed by atoms with Crippen molar-refractivity contribution in [1.29, 1.82) is 0 Å². The fourth-order valence-corrected chi connectivity index (χ4v) is 3.14. The van der Waals surface area contributed by atoms with Crippen molar-refractivity contribution >= 4 is 17.3 Å². The van der Waals surface area contributed by atoms with E-state index < -0.39 is 0 Å². The number of halogens is 1. The Morgan fingerprint density at radius 1 is 1.12 bits per heavy atom. The van der Waals surface area contributed by atoms with E-state index >= 15 is 0 Å². The van der Waals surface area contributed by atoms with Crippen LogP contribution in [0.5, 0.6) is 5.75 Å². The van der Waals surface area contributed by atoms with Gasteiger partial charge in [-0.2, -0.15) is 0 Å². The van der Waals surface area contributed by atoms with Crippen molar-refractivity contribution in [2.75, 3.05) is 49.5 Å². The Morgan fingerprint density at radius 2 is 1.77 bits per heavy atom. The number of carbonyl (C=O) groups is 1. The summed E-state index contributed by atoms with van der Waals surface area (Å²) in [7, 11) is 0. The smallest absolute Gasteiger partial charge is 0.279 e. The predicted molar refractivity (Wildman–Crippen MR) is 100 cm³/mol. The minimum atomic E-state index is -0.219. The van der Waals surface area contributed by atoms with Crippen LogP contribution < -0.4 is 19.9 Å². The lowest BCUT2D eigenvalue weighted by Gasteiger charge is -2.33. The SMILES string of the molecule is CCOc1ccc(NC(=O)C[NH+]2CCN(c3ccc(F)cc3)CC2)cc1. The summed E-state index contributed by atoms with van der Waals surface area (Å²) >= 11 is 0. The van der Waals surface area contributed by atoms with Gasteiger partial charge in [-0.1, -0.05) is 0 Å². The topological polar surface area (TPSA) is 46.0 Å². The van der Waals surface area contributed by atoms with Crippen LogP contribution in [0.3, 0.4) is 0 Å². The number of carbonyl (C=O) groups excluding carboxylic acids is 1. The second-order valence-corrected chi connectivity index (χ2v) is 6.40. The van der Waals surface area contributed by atoms with E-state index in [-0.39, 0.29) is 11.7 Å². The van der Waals surface area contributed by atoms with E-state index in [0.717, 1.165) is 43.3 Å². The largest absolute Gasteiger partial charge is 0.494 e. The quantitative estimate of drug-likeness (QED) is 0.824. The van der Waals surface area contributed by atoms with E-state index in [9.17, 15) is 9.18 Å². The number of hydrogen-bond acceptors (Lipinski definition) is 3. The van der Waals surface area contributed by atoms with Gasteiger partial charge in [-0.25, -0.2) is 4.39 Å². The van der Waals surface area contributed by atoms with Crippen LogP contribution in [0.15, 0.2) is 48.5 Å². The Bertz CT molecular complexity index is 711. The average Bonchev–Trinajstić information content (AvgIpc) is 2.65. The van der Waals surface area contributed by atoms with Crippen molar-refractivity contribution in [3.8, 4) is 5.75 Å². The van der Waals surface area contributed by atoms with E-state index in [0.29, 0.717) is 13.2 Å². The summed E-state index contributed by atoms with van der Waals surface area (Å²) in [5.74, 6) is 0.594. The zero-order valence-electron chi connectivity index (χ0n) is 15.0. The number of anilines is 2. The maximum Gasteiger partial charge on any atom is 0.279 e. The molecule has 2 aromatic carbocycles. The zero-order valence-corrected chi connectivity index (χ0v) is 15.0. The number of nitrogens with one attached hydrogen (secondary N) is 2. The molecule has 0 bridgehead atoms. The summed E-state index contributed by atoms with van der Waals surface area (Å²) in [4.78, 5) is 15.7. The molecule has 1 fully saturated rings. The van der Waals surface area contributed by atoms with Crippen molar-refractivity contribution in [1.82, 2.24) is 0 Å². The number of quaternary nitrogens is 1. The molecular weight excluding hydrogens is 333 g/mol. The molecule has 2 aromatic rings. The number of hydrogen-bond donors (Lipinski definition) is 2. The van der Waals surface area contributed by atoms with E-state index in [1.165, 1.54) is 17.0 Å². The monoisotopic (exact) mass is 358 g/mol. The number of rotatable bonds is 6. The molecule has 0 spiro atoms. The second-order valence-electron chi connectivity index (χ2n) is 6.40. The highest BCUT2D eigenvalue weighted by atomic mass is 19.1. The van der Waals surface area contributed by atoms with Gasteiger partial charge in [0, 0.05) is 11.4 Å². The molecule has 0 aliphatic carbocycles. The third-order valence-electron chi connectivity index (χ3n) is 4.52. The van der Waals surface area contributed by atoms with Crippen molar-refractivity contribution in [3.63, 3.8) is 0 Å². The van der Waals surface area contributed by atoms with Gasteiger partial charge in [0.25, 0.3) is 5.91 Å². The first-order valence-electron chi connectivity index (χ1n) is 9.01. The normalized spacial score (nSPS) is 14.9. The maximum atomic E-state index is 13.0.